The van der Waals surface area contributed by atoms with E-state index in [1.807, 2.05) is 0 Å². The van der Waals surface area contributed by atoms with Crippen LogP contribution in [0.4, 0.5) is 0 Å². The zero-order valence-electron chi connectivity index (χ0n) is 4.39. The molecule has 1 saturated heterocycles. The molecule has 2 heteroatoms. The van der Waals surface area contributed by atoms with Crippen LogP contribution in [0.2, 0.25) is 0 Å². The molecule has 1 aliphatic rings. The van der Waals surface area contributed by atoms with Crippen LogP contribution in [-0.2, 0) is 9.53 Å². The van der Waals surface area contributed by atoms with Crippen LogP contribution in [0.1, 0.15) is 6.42 Å². The Balaban J connectivity index is 2.47. The topological polar surface area (TPSA) is 26.3 Å². The maximum atomic E-state index is 10.3. The molecule has 1 rings (SSSR count). The maximum absolute atomic E-state index is 10.3. The zero-order valence-corrected chi connectivity index (χ0v) is 4.39. The zero-order chi connectivity index (χ0) is 5.98. The lowest BCUT2D eigenvalue weighted by atomic mass is 10.1. The molecule has 0 aromatic carbocycles. The molecule has 0 amide bonds. The third-order valence-corrected chi connectivity index (χ3v) is 1.09. The van der Waals surface area contributed by atoms with Gasteiger partial charge in [-0.15, -0.1) is 6.42 Å². The van der Waals surface area contributed by atoms with Crippen molar-refractivity contribution in [2.75, 3.05) is 6.61 Å². The highest BCUT2D eigenvalue weighted by atomic mass is 16.5. The number of ether oxygens (including phenoxy) is 1. The Morgan fingerprint density at radius 1 is 1.88 bits per heavy atom. The predicted octanol–water partition coefficient (Wildman–Crippen LogP) is 0.183. The van der Waals surface area contributed by atoms with Crippen molar-refractivity contribution in [3.05, 3.63) is 0 Å². The maximum Gasteiger partial charge on any atom is 0.307 e. The minimum atomic E-state index is -0.173. The van der Waals surface area contributed by atoms with Gasteiger partial charge in [0.1, 0.15) is 6.61 Å². The van der Waals surface area contributed by atoms with Crippen LogP contribution in [0.25, 0.3) is 0 Å². The van der Waals surface area contributed by atoms with E-state index < -0.39 is 0 Å². The molecule has 0 bridgehead atoms. The molecule has 0 aliphatic carbocycles. The van der Waals surface area contributed by atoms with Gasteiger partial charge in [-0.05, 0) is 0 Å². The number of hydrogen-bond acceptors (Lipinski definition) is 2. The Kier molecular flexibility index (Phi) is 1.21. The van der Waals surface area contributed by atoms with E-state index in [9.17, 15) is 4.79 Å². The van der Waals surface area contributed by atoms with Gasteiger partial charge in [0.25, 0.3) is 0 Å². The molecule has 0 aromatic rings. The van der Waals surface area contributed by atoms with E-state index in [0.717, 1.165) is 0 Å². The van der Waals surface area contributed by atoms with Gasteiger partial charge in [0.15, 0.2) is 0 Å². The van der Waals surface area contributed by atoms with Gasteiger partial charge in [-0.3, -0.25) is 4.79 Å². The smallest absolute Gasteiger partial charge is 0.307 e. The van der Waals surface area contributed by atoms with Crippen molar-refractivity contribution in [3.63, 3.8) is 0 Å². The van der Waals surface area contributed by atoms with Crippen LogP contribution in [0.3, 0.4) is 0 Å². The van der Waals surface area contributed by atoms with E-state index in [0.29, 0.717) is 13.0 Å². The molecular formula is C6H6O2. The lowest BCUT2D eigenvalue weighted by Crippen LogP contribution is -1.92. The molecule has 0 saturated carbocycles. The number of carbonyl (C=O) groups is 1. The van der Waals surface area contributed by atoms with Gasteiger partial charge >= 0.3 is 5.97 Å². The fraction of sp³-hybridized carbons (Fsp3) is 0.500. The molecule has 2 nitrogen and oxygen atoms in total. The van der Waals surface area contributed by atoms with Crippen molar-refractivity contribution in [2.24, 2.45) is 5.92 Å². The number of carbonyl (C=O) groups excluding carboxylic acids is 1. The Hall–Kier alpha value is -0.970. The SMILES string of the molecule is C#CC1COC(=O)C1. The molecule has 1 heterocycles. The summed E-state index contributed by atoms with van der Waals surface area (Å²) in [5.41, 5.74) is 0. The summed E-state index contributed by atoms with van der Waals surface area (Å²) in [4.78, 5) is 10.3. The number of cyclic esters (lactones) is 1. The van der Waals surface area contributed by atoms with Crippen LogP contribution >= 0.6 is 0 Å². The van der Waals surface area contributed by atoms with Crippen LogP contribution in [0.15, 0.2) is 0 Å². The first kappa shape index (κ1) is 5.17. The Morgan fingerprint density at radius 2 is 2.62 bits per heavy atom. The molecule has 8 heavy (non-hydrogen) atoms. The minimum absolute atomic E-state index is 0.0301. The number of esters is 1. The summed E-state index contributed by atoms with van der Waals surface area (Å²) in [6, 6.07) is 0. The van der Waals surface area contributed by atoms with Gasteiger partial charge in [-0.25, -0.2) is 0 Å². The van der Waals surface area contributed by atoms with Crippen LogP contribution in [0, 0.1) is 18.3 Å². The normalized spacial score (nSPS) is 26.9. The fourth-order valence-corrected chi connectivity index (χ4v) is 0.620. The summed E-state index contributed by atoms with van der Waals surface area (Å²) in [6.45, 7) is 0.412. The molecule has 0 spiro atoms. The number of hydrogen-bond donors (Lipinski definition) is 0. The quantitative estimate of drug-likeness (QED) is 0.328. The Morgan fingerprint density at radius 3 is 2.88 bits per heavy atom. The molecule has 1 fully saturated rings. The summed E-state index contributed by atoms with van der Waals surface area (Å²) >= 11 is 0. The van der Waals surface area contributed by atoms with Gasteiger partial charge in [-0.2, -0.15) is 0 Å². The Labute approximate surface area is 47.8 Å². The van der Waals surface area contributed by atoms with E-state index in [1.165, 1.54) is 0 Å². The lowest BCUT2D eigenvalue weighted by molar-refractivity contribution is -0.137. The van der Waals surface area contributed by atoms with E-state index in [4.69, 9.17) is 6.42 Å². The van der Waals surface area contributed by atoms with Crippen molar-refractivity contribution in [1.29, 1.82) is 0 Å². The van der Waals surface area contributed by atoms with Crippen molar-refractivity contribution in [3.8, 4) is 12.3 Å². The van der Waals surface area contributed by atoms with Crippen LogP contribution in [-0.4, -0.2) is 12.6 Å². The third kappa shape index (κ3) is 0.812. The second-order valence-electron chi connectivity index (χ2n) is 1.75. The fourth-order valence-electron chi connectivity index (χ4n) is 0.620. The third-order valence-electron chi connectivity index (χ3n) is 1.09. The predicted molar refractivity (Wildman–Crippen MR) is 27.9 cm³/mol. The van der Waals surface area contributed by atoms with E-state index >= 15 is 0 Å². The Bertz CT molecular complexity index is 143. The number of rotatable bonds is 0. The molecule has 1 aliphatic heterocycles. The lowest BCUT2D eigenvalue weighted by Gasteiger charge is -1.87. The van der Waals surface area contributed by atoms with E-state index in [-0.39, 0.29) is 11.9 Å². The van der Waals surface area contributed by atoms with E-state index in [2.05, 4.69) is 10.7 Å². The molecule has 1 unspecified atom stereocenters. The molecular weight excluding hydrogens is 104 g/mol. The highest BCUT2D eigenvalue weighted by Crippen LogP contribution is 2.11. The minimum Gasteiger partial charge on any atom is -0.464 e. The molecule has 0 N–H and O–H groups in total. The van der Waals surface area contributed by atoms with Gasteiger partial charge in [0.2, 0.25) is 0 Å². The molecule has 42 valence electrons. The molecule has 0 aromatic heterocycles. The van der Waals surface area contributed by atoms with Gasteiger partial charge in [0, 0.05) is 0 Å². The summed E-state index contributed by atoms with van der Waals surface area (Å²) in [6.07, 6.45) is 5.41. The summed E-state index contributed by atoms with van der Waals surface area (Å²) < 4.78 is 4.57. The second kappa shape index (κ2) is 1.87. The van der Waals surface area contributed by atoms with Crippen LogP contribution < -0.4 is 0 Å². The van der Waals surface area contributed by atoms with Crippen molar-refractivity contribution in [2.45, 2.75) is 6.42 Å². The molecule has 0 radical (unpaired) electrons. The van der Waals surface area contributed by atoms with Crippen LogP contribution in [0.5, 0.6) is 0 Å². The van der Waals surface area contributed by atoms with Gasteiger partial charge in [0.05, 0.1) is 12.3 Å². The average molecular weight is 110 g/mol. The first-order valence-corrected chi connectivity index (χ1v) is 2.44. The summed E-state index contributed by atoms with van der Waals surface area (Å²) in [7, 11) is 0. The van der Waals surface area contributed by atoms with Gasteiger partial charge < -0.3 is 4.74 Å². The van der Waals surface area contributed by atoms with Crippen molar-refractivity contribution in [1.82, 2.24) is 0 Å². The monoisotopic (exact) mass is 110 g/mol. The van der Waals surface area contributed by atoms with Crippen molar-refractivity contribution >= 4 is 5.97 Å². The average Bonchev–Trinajstić information content (AvgIpc) is 2.14. The largest absolute Gasteiger partial charge is 0.464 e. The highest BCUT2D eigenvalue weighted by molar-refractivity contribution is 5.72. The first-order valence-electron chi connectivity index (χ1n) is 2.44. The highest BCUT2D eigenvalue weighted by Gasteiger charge is 2.20. The molecule has 1 atom stereocenters. The standard InChI is InChI=1S/C6H6O2/c1-2-5-3-6(7)8-4-5/h1,5H,3-4H2. The summed E-state index contributed by atoms with van der Waals surface area (Å²) in [5.74, 6) is 2.31. The van der Waals surface area contributed by atoms with Crippen molar-refractivity contribution < 1.29 is 9.53 Å². The van der Waals surface area contributed by atoms with Gasteiger partial charge in [-0.1, -0.05) is 5.92 Å². The summed E-state index contributed by atoms with van der Waals surface area (Å²) in [5, 5.41) is 0. The number of terminal acetylenes is 1. The second-order valence-corrected chi connectivity index (χ2v) is 1.75. The van der Waals surface area contributed by atoms with E-state index in [1.54, 1.807) is 0 Å². The first-order chi connectivity index (χ1) is 3.83.